The molecule has 1 N–H and O–H groups in total. The maximum absolute atomic E-state index is 12.8. The fraction of sp³-hybridized carbons (Fsp3) is 0.533. The smallest absolute Gasteiger partial charge is 0.256 e. The molecule has 2 saturated heterocycles. The van der Waals surface area contributed by atoms with Gasteiger partial charge in [0.2, 0.25) is 5.91 Å². The number of carbonyl (C=O) groups excluding carboxylic acids is 2. The van der Waals surface area contributed by atoms with E-state index in [1.54, 1.807) is 24.3 Å². The highest BCUT2D eigenvalue weighted by atomic mass is 16.5. The number of carbonyl (C=O) groups is 2. The maximum atomic E-state index is 12.8. The second-order valence-corrected chi connectivity index (χ2v) is 5.56. The molecule has 3 rings (SSSR count). The Bertz CT molecular complexity index is 575. The van der Waals surface area contributed by atoms with Crippen LogP contribution in [0, 0.1) is 12.8 Å². The van der Waals surface area contributed by atoms with Crippen molar-refractivity contribution in [3.8, 4) is 0 Å². The molecule has 1 aromatic heterocycles. The summed E-state index contributed by atoms with van der Waals surface area (Å²) in [5.41, 5.74) is 1.49. The number of amides is 2. The summed E-state index contributed by atoms with van der Waals surface area (Å²) in [6, 6.07) is 1.81. The number of nitrogens with one attached hydrogen (secondary N) is 1. The molecule has 0 bridgehead atoms. The summed E-state index contributed by atoms with van der Waals surface area (Å²) < 4.78 is 5.69. The first-order valence-corrected chi connectivity index (χ1v) is 7.18. The minimum Gasteiger partial charge on any atom is -0.375 e. The molecule has 112 valence electrons. The van der Waals surface area contributed by atoms with Crippen molar-refractivity contribution in [1.29, 1.82) is 0 Å². The molecule has 2 amide bonds. The molecule has 21 heavy (non-hydrogen) atoms. The van der Waals surface area contributed by atoms with Crippen LogP contribution in [-0.4, -0.2) is 54.0 Å². The fourth-order valence-electron chi connectivity index (χ4n) is 3.26. The van der Waals surface area contributed by atoms with E-state index >= 15 is 0 Å². The van der Waals surface area contributed by atoms with Crippen LogP contribution in [0.25, 0.3) is 0 Å². The first kappa shape index (κ1) is 14.0. The maximum Gasteiger partial charge on any atom is 0.256 e. The van der Waals surface area contributed by atoms with Crippen LogP contribution >= 0.6 is 0 Å². The number of likely N-dealkylation sites (tertiary alicyclic amines) is 1. The first-order chi connectivity index (χ1) is 10.1. The Labute approximate surface area is 123 Å². The van der Waals surface area contributed by atoms with Crippen LogP contribution in [0.1, 0.15) is 22.3 Å². The van der Waals surface area contributed by atoms with Gasteiger partial charge in [-0.15, -0.1) is 0 Å². The van der Waals surface area contributed by atoms with Crippen molar-refractivity contribution >= 4 is 11.8 Å². The van der Waals surface area contributed by atoms with Gasteiger partial charge < -0.3 is 15.0 Å². The minimum absolute atomic E-state index is 0.0144. The number of hydrogen-bond acceptors (Lipinski definition) is 4. The Kier molecular flexibility index (Phi) is 3.63. The highest BCUT2D eigenvalue weighted by Gasteiger charge is 2.50. The van der Waals surface area contributed by atoms with E-state index in [2.05, 4.69) is 10.3 Å². The number of hydrogen-bond donors (Lipinski definition) is 1. The van der Waals surface area contributed by atoms with Crippen molar-refractivity contribution in [3.63, 3.8) is 0 Å². The predicted octanol–water partition coefficient (Wildman–Crippen LogP) is 0.366. The zero-order chi connectivity index (χ0) is 15.0. The number of aryl methyl sites for hydroxylation is 1. The zero-order valence-corrected chi connectivity index (χ0v) is 12.2. The van der Waals surface area contributed by atoms with Crippen molar-refractivity contribution in [2.75, 3.05) is 20.2 Å². The van der Waals surface area contributed by atoms with Crippen LogP contribution in [0.4, 0.5) is 0 Å². The van der Waals surface area contributed by atoms with Gasteiger partial charge in [0.1, 0.15) is 0 Å². The lowest BCUT2D eigenvalue weighted by Crippen LogP contribution is -2.37. The predicted molar refractivity (Wildman–Crippen MR) is 75.7 cm³/mol. The van der Waals surface area contributed by atoms with Crippen LogP contribution in [0.15, 0.2) is 18.5 Å². The Morgan fingerprint density at radius 2 is 2.29 bits per heavy atom. The largest absolute Gasteiger partial charge is 0.375 e. The fourth-order valence-corrected chi connectivity index (χ4v) is 3.26. The first-order valence-electron chi connectivity index (χ1n) is 7.18. The van der Waals surface area contributed by atoms with E-state index in [4.69, 9.17) is 4.74 Å². The van der Waals surface area contributed by atoms with Gasteiger partial charge in [-0.05, 0) is 25.0 Å². The molecular formula is C15H19N3O3. The lowest BCUT2D eigenvalue weighted by atomic mass is 10.0. The molecule has 0 aromatic carbocycles. The summed E-state index contributed by atoms with van der Waals surface area (Å²) in [4.78, 5) is 30.6. The standard InChI is InChI=1S/C15H19N3O3/c1-9-3-5-17-7-10(9)15(20)18-8-11(14(19)16-2)13-12(18)4-6-21-13/h3,5,7,11-13H,4,6,8H2,1-2H3,(H,16,19)/t11-,12+,13+/m0/s1. The number of rotatable bonds is 2. The molecular weight excluding hydrogens is 270 g/mol. The third kappa shape index (κ3) is 2.29. The average molecular weight is 289 g/mol. The molecule has 0 radical (unpaired) electrons. The molecule has 2 fully saturated rings. The van der Waals surface area contributed by atoms with Crippen LogP contribution in [0.3, 0.4) is 0 Å². The quantitative estimate of drug-likeness (QED) is 0.853. The molecule has 2 aliphatic heterocycles. The van der Waals surface area contributed by atoms with Gasteiger partial charge in [0.25, 0.3) is 5.91 Å². The van der Waals surface area contributed by atoms with Gasteiger partial charge in [-0.3, -0.25) is 14.6 Å². The normalized spacial score (nSPS) is 27.5. The third-order valence-corrected chi connectivity index (χ3v) is 4.41. The molecule has 3 heterocycles. The van der Waals surface area contributed by atoms with E-state index in [0.717, 1.165) is 12.0 Å². The summed E-state index contributed by atoms with van der Waals surface area (Å²) >= 11 is 0. The summed E-state index contributed by atoms with van der Waals surface area (Å²) in [5.74, 6) is -0.416. The summed E-state index contributed by atoms with van der Waals surface area (Å²) in [6.45, 7) is 2.89. The zero-order valence-electron chi connectivity index (χ0n) is 12.2. The highest BCUT2D eigenvalue weighted by Crippen LogP contribution is 2.34. The Balaban J connectivity index is 1.87. The summed E-state index contributed by atoms with van der Waals surface area (Å²) in [5, 5.41) is 2.66. The Morgan fingerprint density at radius 3 is 3.00 bits per heavy atom. The van der Waals surface area contributed by atoms with Crippen LogP contribution in [0.2, 0.25) is 0 Å². The molecule has 3 atom stereocenters. The van der Waals surface area contributed by atoms with Crippen molar-refractivity contribution in [2.24, 2.45) is 5.92 Å². The number of aromatic nitrogens is 1. The molecule has 2 aliphatic rings. The Morgan fingerprint density at radius 1 is 1.48 bits per heavy atom. The summed E-state index contributed by atoms with van der Waals surface area (Å²) in [7, 11) is 1.61. The molecule has 6 nitrogen and oxygen atoms in total. The van der Waals surface area contributed by atoms with E-state index in [-0.39, 0.29) is 29.9 Å². The second kappa shape index (κ2) is 5.44. The molecule has 0 saturated carbocycles. The van der Waals surface area contributed by atoms with Crippen molar-refractivity contribution in [3.05, 3.63) is 29.6 Å². The van der Waals surface area contributed by atoms with Gasteiger partial charge in [-0.1, -0.05) is 0 Å². The van der Waals surface area contributed by atoms with Gasteiger partial charge in [0, 0.05) is 32.6 Å². The number of ether oxygens (including phenoxy) is 1. The van der Waals surface area contributed by atoms with Crippen molar-refractivity contribution in [2.45, 2.75) is 25.5 Å². The van der Waals surface area contributed by atoms with Gasteiger partial charge in [0.15, 0.2) is 0 Å². The van der Waals surface area contributed by atoms with Gasteiger partial charge in [-0.25, -0.2) is 0 Å². The number of pyridine rings is 1. The van der Waals surface area contributed by atoms with Gasteiger partial charge in [0.05, 0.1) is 23.6 Å². The van der Waals surface area contributed by atoms with E-state index in [1.165, 1.54) is 0 Å². The minimum atomic E-state index is -0.288. The lowest BCUT2D eigenvalue weighted by Gasteiger charge is -2.23. The average Bonchev–Trinajstić information content (AvgIpc) is 3.08. The SMILES string of the molecule is CNC(=O)[C@H]1CN(C(=O)c2cnccc2C)[C@@H]2CCO[C@H]12. The third-order valence-electron chi connectivity index (χ3n) is 4.41. The van der Waals surface area contributed by atoms with E-state index < -0.39 is 0 Å². The Hall–Kier alpha value is -1.95. The molecule has 0 spiro atoms. The molecule has 0 unspecified atom stereocenters. The number of fused-ring (bicyclic) bond motifs is 1. The topological polar surface area (TPSA) is 71.5 Å². The van der Waals surface area contributed by atoms with Crippen molar-refractivity contribution in [1.82, 2.24) is 15.2 Å². The van der Waals surface area contributed by atoms with Crippen molar-refractivity contribution < 1.29 is 14.3 Å². The molecule has 0 aliphatic carbocycles. The van der Waals surface area contributed by atoms with E-state index in [9.17, 15) is 9.59 Å². The van der Waals surface area contributed by atoms with E-state index in [0.29, 0.717) is 18.7 Å². The monoisotopic (exact) mass is 289 g/mol. The molecule has 1 aromatic rings. The molecule has 6 heteroatoms. The van der Waals surface area contributed by atoms with Gasteiger partial charge in [-0.2, -0.15) is 0 Å². The highest BCUT2D eigenvalue weighted by molar-refractivity contribution is 5.96. The van der Waals surface area contributed by atoms with Crippen LogP contribution in [0.5, 0.6) is 0 Å². The lowest BCUT2D eigenvalue weighted by molar-refractivity contribution is -0.127. The van der Waals surface area contributed by atoms with Gasteiger partial charge >= 0.3 is 0 Å². The number of nitrogens with zero attached hydrogens (tertiary/aromatic N) is 2. The summed E-state index contributed by atoms with van der Waals surface area (Å²) in [6.07, 6.45) is 3.86. The van der Waals surface area contributed by atoms with Crippen LogP contribution < -0.4 is 5.32 Å². The van der Waals surface area contributed by atoms with Crippen LogP contribution in [-0.2, 0) is 9.53 Å². The van der Waals surface area contributed by atoms with E-state index in [1.807, 2.05) is 13.0 Å². The second-order valence-electron chi connectivity index (χ2n) is 5.56.